The minimum Gasteiger partial charge on any atom is -0.374 e. The largest absolute Gasteiger partial charge is 0.374 e. The maximum atomic E-state index is 12.3. The number of fused-ring (bicyclic) bond motifs is 1. The van der Waals surface area contributed by atoms with Crippen LogP contribution < -0.4 is 9.62 Å². The number of hydrogen-bond acceptors (Lipinski definition) is 3. The summed E-state index contributed by atoms with van der Waals surface area (Å²) in [7, 11) is -1.44. The van der Waals surface area contributed by atoms with E-state index < -0.39 is 10.0 Å². The molecule has 0 atom stereocenters. The maximum absolute atomic E-state index is 12.3. The fourth-order valence-corrected chi connectivity index (χ4v) is 3.93. The highest BCUT2D eigenvalue weighted by Crippen LogP contribution is 2.30. The number of nitrogens with one attached hydrogen (secondary N) is 1. The van der Waals surface area contributed by atoms with Crippen molar-refractivity contribution in [2.75, 3.05) is 23.2 Å². The van der Waals surface area contributed by atoms with Gasteiger partial charge in [-0.2, -0.15) is 0 Å². The summed E-state index contributed by atoms with van der Waals surface area (Å²) in [4.78, 5) is 2.13. The third-order valence-electron chi connectivity index (χ3n) is 3.76. The number of likely N-dealkylation sites (N-methyl/N-ethyl adjacent to an activating group) is 1. The average molecular weight is 337 g/mol. The lowest BCUT2D eigenvalue weighted by Crippen LogP contribution is -2.16. The Morgan fingerprint density at radius 3 is 2.64 bits per heavy atom. The Labute approximate surface area is 135 Å². The molecule has 1 N–H and O–H groups in total. The smallest absolute Gasteiger partial charge is 0.236 e. The third-order valence-corrected chi connectivity index (χ3v) is 5.27. The molecule has 3 rings (SSSR count). The minimum absolute atomic E-state index is 0.0723. The van der Waals surface area contributed by atoms with Crippen LogP contribution in [0.25, 0.3) is 0 Å². The molecule has 4 nitrogen and oxygen atoms in total. The number of sulfonamides is 1. The van der Waals surface area contributed by atoms with Gasteiger partial charge in [0.05, 0.1) is 11.4 Å². The molecule has 0 saturated carbocycles. The second kappa shape index (κ2) is 5.82. The molecule has 116 valence electrons. The van der Waals surface area contributed by atoms with E-state index in [1.165, 1.54) is 5.56 Å². The van der Waals surface area contributed by atoms with Crippen LogP contribution in [0.1, 0.15) is 11.1 Å². The van der Waals surface area contributed by atoms with Gasteiger partial charge in [-0.25, -0.2) is 8.42 Å². The molecule has 2 aromatic carbocycles. The Kier molecular flexibility index (Phi) is 4.02. The molecule has 0 unspecified atom stereocenters. The lowest BCUT2D eigenvalue weighted by atomic mass is 10.1. The lowest BCUT2D eigenvalue weighted by Gasteiger charge is -2.14. The zero-order chi connectivity index (χ0) is 15.7. The monoisotopic (exact) mass is 336 g/mol. The minimum atomic E-state index is -3.45. The summed E-state index contributed by atoms with van der Waals surface area (Å²) in [5.41, 5.74) is 3.64. The van der Waals surface area contributed by atoms with Gasteiger partial charge >= 0.3 is 0 Å². The molecule has 0 amide bonds. The molecule has 1 aliphatic heterocycles. The van der Waals surface area contributed by atoms with E-state index in [0.717, 1.165) is 18.7 Å². The second-order valence-electron chi connectivity index (χ2n) is 5.50. The van der Waals surface area contributed by atoms with E-state index in [1.807, 2.05) is 25.2 Å². The van der Waals surface area contributed by atoms with Gasteiger partial charge in [0.25, 0.3) is 0 Å². The van der Waals surface area contributed by atoms with Crippen molar-refractivity contribution in [1.82, 2.24) is 0 Å². The maximum Gasteiger partial charge on any atom is 0.236 e. The molecule has 0 spiro atoms. The summed E-state index contributed by atoms with van der Waals surface area (Å²) < 4.78 is 27.2. The first-order valence-corrected chi connectivity index (χ1v) is 9.05. The molecule has 1 heterocycles. The SMILES string of the molecule is CN1CCc2ccc(NS(=O)(=O)Cc3ccc(Cl)cc3)cc21. The molecule has 0 radical (unpaired) electrons. The van der Waals surface area contributed by atoms with Crippen molar-refractivity contribution in [3.63, 3.8) is 0 Å². The number of hydrogen-bond donors (Lipinski definition) is 1. The molecular formula is C16H17ClN2O2S. The number of benzene rings is 2. The molecule has 0 aromatic heterocycles. The molecule has 22 heavy (non-hydrogen) atoms. The van der Waals surface area contributed by atoms with Crippen LogP contribution in [0.5, 0.6) is 0 Å². The fourth-order valence-electron chi connectivity index (χ4n) is 2.62. The highest BCUT2D eigenvalue weighted by molar-refractivity contribution is 7.91. The molecule has 1 aliphatic rings. The van der Waals surface area contributed by atoms with Gasteiger partial charge in [0.15, 0.2) is 0 Å². The van der Waals surface area contributed by atoms with E-state index in [9.17, 15) is 8.42 Å². The Hall–Kier alpha value is -1.72. The summed E-state index contributed by atoms with van der Waals surface area (Å²) in [6.45, 7) is 0.969. The summed E-state index contributed by atoms with van der Waals surface area (Å²) in [6.07, 6.45) is 1.00. The Morgan fingerprint density at radius 1 is 1.18 bits per heavy atom. The predicted octanol–water partition coefficient (Wildman–Crippen LogP) is 3.27. The van der Waals surface area contributed by atoms with Crippen molar-refractivity contribution in [3.05, 3.63) is 58.6 Å². The first-order chi connectivity index (χ1) is 10.4. The van der Waals surface area contributed by atoms with Gasteiger partial charge in [-0.15, -0.1) is 0 Å². The number of rotatable bonds is 4. The fraction of sp³-hybridized carbons (Fsp3) is 0.250. The molecular weight excluding hydrogens is 320 g/mol. The van der Waals surface area contributed by atoms with Crippen molar-refractivity contribution in [1.29, 1.82) is 0 Å². The Bertz CT molecular complexity index is 788. The van der Waals surface area contributed by atoms with Gasteiger partial charge < -0.3 is 4.90 Å². The van der Waals surface area contributed by atoms with E-state index in [-0.39, 0.29) is 5.75 Å². The van der Waals surface area contributed by atoms with Crippen molar-refractivity contribution in [2.24, 2.45) is 0 Å². The van der Waals surface area contributed by atoms with Gasteiger partial charge in [-0.05, 0) is 41.8 Å². The Balaban J connectivity index is 1.77. The standard InChI is InChI=1S/C16H17ClN2O2S/c1-19-9-8-13-4-7-15(10-16(13)19)18-22(20,21)11-12-2-5-14(17)6-3-12/h2-7,10,18H,8-9,11H2,1H3. The van der Waals surface area contributed by atoms with Gasteiger partial charge in [0, 0.05) is 24.3 Å². The van der Waals surface area contributed by atoms with Crippen molar-refractivity contribution in [2.45, 2.75) is 12.2 Å². The highest BCUT2D eigenvalue weighted by atomic mass is 35.5. The van der Waals surface area contributed by atoms with Crippen LogP contribution in [0.15, 0.2) is 42.5 Å². The third kappa shape index (κ3) is 3.36. The highest BCUT2D eigenvalue weighted by Gasteiger charge is 2.18. The normalized spacial score (nSPS) is 14.0. The summed E-state index contributed by atoms with van der Waals surface area (Å²) in [6, 6.07) is 12.5. The average Bonchev–Trinajstić information content (AvgIpc) is 2.82. The first-order valence-electron chi connectivity index (χ1n) is 7.02. The summed E-state index contributed by atoms with van der Waals surface area (Å²) in [5.74, 6) is -0.0723. The van der Waals surface area contributed by atoms with Gasteiger partial charge in [-0.1, -0.05) is 29.8 Å². The zero-order valence-electron chi connectivity index (χ0n) is 12.2. The van der Waals surface area contributed by atoms with E-state index in [2.05, 4.69) is 9.62 Å². The molecule has 0 aliphatic carbocycles. The van der Waals surface area contributed by atoms with Crippen LogP contribution in [0, 0.1) is 0 Å². The summed E-state index contributed by atoms with van der Waals surface area (Å²) >= 11 is 5.81. The molecule has 0 fully saturated rings. The summed E-state index contributed by atoms with van der Waals surface area (Å²) in [5, 5.41) is 0.593. The second-order valence-corrected chi connectivity index (χ2v) is 7.66. The molecule has 0 saturated heterocycles. The molecule has 2 aromatic rings. The molecule has 0 bridgehead atoms. The first kappa shape index (κ1) is 15.2. The van der Waals surface area contributed by atoms with Crippen LogP contribution in [0.4, 0.5) is 11.4 Å². The zero-order valence-corrected chi connectivity index (χ0v) is 13.8. The van der Waals surface area contributed by atoms with Gasteiger partial charge in [-0.3, -0.25) is 4.72 Å². The van der Waals surface area contributed by atoms with E-state index >= 15 is 0 Å². The van der Waals surface area contributed by atoms with Gasteiger partial charge in [0.2, 0.25) is 10.0 Å². The number of halogens is 1. The van der Waals surface area contributed by atoms with Crippen LogP contribution in [-0.2, 0) is 22.2 Å². The van der Waals surface area contributed by atoms with Crippen LogP contribution >= 0.6 is 11.6 Å². The van der Waals surface area contributed by atoms with Crippen molar-refractivity contribution < 1.29 is 8.42 Å². The predicted molar refractivity (Wildman–Crippen MR) is 91.1 cm³/mol. The number of nitrogens with zero attached hydrogens (tertiary/aromatic N) is 1. The van der Waals surface area contributed by atoms with Crippen molar-refractivity contribution >= 4 is 33.0 Å². The quantitative estimate of drug-likeness (QED) is 0.932. The van der Waals surface area contributed by atoms with E-state index in [0.29, 0.717) is 16.3 Å². The lowest BCUT2D eigenvalue weighted by molar-refractivity contribution is 0.600. The van der Waals surface area contributed by atoms with Crippen LogP contribution in [0.2, 0.25) is 5.02 Å². The van der Waals surface area contributed by atoms with Gasteiger partial charge in [0.1, 0.15) is 0 Å². The van der Waals surface area contributed by atoms with Crippen LogP contribution in [-0.4, -0.2) is 22.0 Å². The van der Waals surface area contributed by atoms with E-state index in [1.54, 1.807) is 24.3 Å². The van der Waals surface area contributed by atoms with E-state index in [4.69, 9.17) is 11.6 Å². The number of anilines is 2. The molecule has 6 heteroatoms. The Morgan fingerprint density at radius 2 is 1.91 bits per heavy atom. The van der Waals surface area contributed by atoms with Crippen LogP contribution in [0.3, 0.4) is 0 Å². The topological polar surface area (TPSA) is 49.4 Å². The van der Waals surface area contributed by atoms with Crippen molar-refractivity contribution in [3.8, 4) is 0 Å².